The summed E-state index contributed by atoms with van der Waals surface area (Å²) in [6.07, 6.45) is 76.9. The summed E-state index contributed by atoms with van der Waals surface area (Å²) in [5, 5.41) is 0. The van der Waals surface area contributed by atoms with Crippen LogP contribution in [0.4, 0.5) is 0 Å². The summed E-state index contributed by atoms with van der Waals surface area (Å²) in [6, 6.07) is 0. The van der Waals surface area contributed by atoms with E-state index in [1.807, 2.05) is 0 Å². The van der Waals surface area contributed by atoms with Crippen LogP contribution in [0.5, 0.6) is 0 Å². The lowest BCUT2D eigenvalue weighted by atomic mass is 9.72. The van der Waals surface area contributed by atoms with Crippen LogP contribution in [0.1, 0.15) is 321 Å². The van der Waals surface area contributed by atoms with E-state index in [0.717, 1.165) is 47.3 Å². The van der Waals surface area contributed by atoms with Crippen LogP contribution >= 0.6 is 0 Å². The molecule has 0 heterocycles. The predicted octanol–water partition coefficient (Wildman–Crippen LogP) is 20.5. The molecule has 8 rings (SSSR count). The topological polar surface area (TPSA) is 0 Å². The largest absolute Gasteiger partial charge is 0.0533 e. The number of hydrogen-bond acceptors (Lipinski definition) is 0. The zero-order valence-corrected chi connectivity index (χ0v) is 40.0. The lowest BCUT2D eigenvalue weighted by molar-refractivity contribution is 0.186. The maximum absolute atomic E-state index is 1.59. The van der Waals surface area contributed by atoms with Crippen molar-refractivity contribution >= 4 is 0 Å². The predicted molar refractivity (Wildman–Crippen MR) is 259 cm³/mol. The number of rotatable bonds is 14. The van der Waals surface area contributed by atoms with Crippen molar-refractivity contribution < 1.29 is 0 Å². The van der Waals surface area contributed by atoms with Crippen LogP contribution in [0, 0.1) is 47.3 Å². The Labute approximate surface area is 367 Å². The van der Waals surface area contributed by atoms with Gasteiger partial charge in [-0.25, -0.2) is 0 Å². The van der Waals surface area contributed by atoms with Crippen molar-refractivity contribution in [3.8, 4) is 0 Å². The molecule has 8 aliphatic carbocycles. The summed E-state index contributed by atoms with van der Waals surface area (Å²) in [4.78, 5) is 0. The molecule has 0 nitrogen and oxygen atoms in total. The third kappa shape index (κ3) is 21.9. The van der Waals surface area contributed by atoms with E-state index in [-0.39, 0.29) is 0 Å². The summed E-state index contributed by atoms with van der Waals surface area (Å²) in [7, 11) is 0. The van der Waals surface area contributed by atoms with Crippen LogP contribution in [0.3, 0.4) is 0 Å². The van der Waals surface area contributed by atoms with Gasteiger partial charge < -0.3 is 0 Å². The lowest BCUT2D eigenvalue weighted by Crippen LogP contribution is -2.21. The van der Waals surface area contributed by atoms with Gasteiger partial charge in [0.25, 0.3) is 0 Å². The zero-order valence-electron chi connectivity index (χ0n) is 40.0. The molecule has 0 aliphatic heterocycles. The molecular formula is C58H108. The van der Waals surface area contributed by atoms with E-state index in [9.17, 15) is 0 Å². The van der Waals surface area contributed by atoms with E-state index >= 15 is 0 Å². The van der Waals surface area contributed by atoms with Gasteiger partial charge in [0.05, 0.1) is 0 Å². The molecule has 0 aromatic carbocycles. The summed E-state index contributed by atoms with van der Waals surface area (Å²) in [5.74, 6) is 8.81. The molecule has 0 saturated heterocycles. The van der Waals surface area contributed by atoms with Crippen LogP contribution in [-0.4, -0.2) is 0 Å². The highest BCUT2D eigenvalue weighted by atomic mass is 14.3. The Morgan fingerprint density at radius 3 is 0.534 bits per heavy atom. The van der Waals surface area contributed by atoms with Gasteiger partial charge in [-0.3, -0.25) is 0 Å². The van der Waals surface area contributed by atoms with Gasteiger partial charge in [0.15, 0.2) is 0 Å². The molecule has 0 bridgehead atoms. The summed E-state index contributed by atoms with van der Waals surface area (Å²) >= 11 is 0. The second-order valence-corrected chi connectivity index (χ2v) is 22.9. The Morgan fingerprint density at radius 1 is 0.190 bits per heavy atom. The molecule has 0 atom stereocenters. The molecule has 8 aliphatic rings. The van der Waals surface area contributed by atoms with E-state index in [0.29, 0.717) is 0 Å². The number of hydrogen-bond donors (Lipinski definition) is 0. The third-order valence-corrected chi connectivity index (χ3v) is 18.3. The monoisotopic (exact) mass is 805 g/mol. The second kappa shape index (κ2) is 32.6. The van der Waals surface area contributed by atoms with Crippen molar-refractivity contribution in [1.82, 2.24) is 0 Å². The maximum Gasteiger partial charge on any atom is -0.0386 e. The van der Waals surface area contributed by atoms with Gasteiger partial charge in [0.1, 0.15) is 0 Å². The van der Waals surface area contributed by atoms with Gasteiger partial charge in [0.2, 0.25) is 0 Å². The molecule has 58 heavy (non-hydrogen) atoms. The van der Waals surface area contributed by atoms with E-state index in [1.165, 1.54) is 193 Å². The van der Waals surface area contributed by atoms with Crippen molar-refractivity contribution in [2.45, 2.75) is 321 Å². The Hall–Kier alpha value is 0. The summed E-state index contributed by atoms with van der Waals surface area (Å²) in [6.45, 7) is 0. The van der Waals surface area contributed by atoms with Gasteiger partial charge >= 0.3 is 0 Å². The third-order valence-electron chi connectivity index (χ3n) is 18.3. The Bertz CT molecular complexity index is 734. The van der Waals surface area contributed by atoms with Gasteiger partial charge in [-0.2, -0.15) is 0 Å². The van der Waals surface area contributed by atoms with Crippen molar-refractivity contribution in [2.24, 2.45) is 47.3 Å². The molecule has 0 amide bonds. The molecule has 0 radical (unpaired) electrons. The van der Waals surface area contributed by atoms with Crippen molar-refractivity contribution in [3.05, 3.63) is 0 Å². The van der Waals surface area contributed by atoms with E-state index in [2.05, 4.69) is 0 Å². The van der Waals surface area contributed by atoms with Gasteiger partial charge in [0, 0.05) is 0 Å². The van der Waals surface area contributed by atoms with Gasteiger partial charge in [-0.05, 0) is 73.0 Å². The zero-order chi connectivity index (χ0) is 40.0. The molecule has 8 fully saturated rings. The lowest BCUT2D eigenvalue weighted by Gasteiger charge is -2.33. The molecule has 340 valence electrons. The van der Waals surface area contributed by atoms with Crippen molar-refractivity contribution in [3.63, 3.8) is 0 Å². The second-order valence-electron chi connectivity index (χ2n) is 22.9. The summed E-state index contributed by atoms with van der Waals surface area (Å²) in [5.41, 5.74) is 0. The van der Waals surface area contributed by atoms with Gasteiger partial charge in [-0.15, -0.1) is 0 Å². The highest BCUT2D eigenvalue weighted by Gasteiger charge is 2.28. The normalized spacial score (nSPS) is 25.6. The molecule has 0 aromatic rings. The fraction of sp³-hybridized carbons (Fsp3) is 1.00. The van der Waals surface area contributed by atoms with Crippen molar-refractivity contribution in [2.75, 3.05) is 0 Å². The first-order valence-electron chi connectivity index (χ1n) is 28.8. The highest BCUT2D eigenvalue weighted by molar-refractivity contribution is 4.80. The smallest absolute Gasteiger partial charge is 0.0386 e. The molecule has 0 heteroatoms. The minimum absolute atomic E-state index is 1.10. The Kier molecular flexibility index (Phi) is 27.6. The highest BCUT2D eigenvalue weighted by Crippen LogP contribution is 2.41. The molecule has 0 spiro atoms. The minimum Gasteiger partial charge on any atom is -0.0533 e. The van der Waals surface area contributed by atoms with Crippen LogP contribution in [0.2, 0.25) is 0 Å². The maximum atomic E-state index is 1.59. The first kappa shape index (κ1) is 49.0. The standard InChI is InChI=1S/2C23H42.2C6H12/c2*1-4-10-20(11-5-1)16-18-23(22-14-8-3-9-15-22)19-17-21-12-6-2-7-13-21;2*1-2-4-6-5-3-1/h2*20-23H,1-19H2;2*1-6H2. The van der Waals surface area contributed by atoms with Crippen LogP contribution in [-0.2, 0) is 0 Å². The minimum atomic E-state index is 1.10. The molecular weight excluding hydrogens is 697 g/mol. The average Bonchev–Trinajstić information content (AvgIpc) is 3.33. The Morgan fingerprint density at radius 2 is 0.345 bits per heavy atom. The quantitative estimate of drug-likeness (QED) is 0.164. The first-order valence-corrected chi connectivity index (χ1v) is 28.8. The van der Waals surface area contributed by atoms with Crippen molar-refractivity contribution in [1.29, 1.82) is 0 Å². The van der Waals surface area contributed by atoms with Gasteiger partial charge in [-0.1, -0.05) is 295 Å². The van der Waals surface area contributed by atoms with E-state index < -0.39 is 0 Å². The van der Waals surface area contributed by atoms with E-state index in [1.54, 1.807) is 128 Å². The summed E-state index contributed by atoms with van der Waals surface area (Å²) < 4.78 is 0. The molecule has 0 aromatic heterocycles. The average molecular weight is 806 g/mol. The fourth-order valence-electron chi connectivity index (χ4n) is 14.3. The van der Waals surface area contributed by atoms with Crippen LogP contribution in [0.25, 0.3) is 0 Å². The Balaban J connectivity index is 0.000000171. The molecule has 0 N–H and O–H groups in total. The van der Waals surface area contributed by atoms with Crippen LogP contribution < -0.4 is 0 Å². The van der Waals surface area contributed by atoms with Crippen LogP contribution in [0.15, 0.2) is 0 Å². The first-order chi connectivity index (χ1) is 28.8. The van der Waals surface area contributed by atoms with E-state index in [4.69, 9.17) is 0 Å². The molecule has 8 saturated carbocycles. The SMILES string of the molecule is C1CCC(CCC(CCC2CCCCC2)C2CCCCC2)CC1.C1CCC(CCC(CCC2CCCCC2)C2CCCCC2)CC1.C1CCCCC1.C1CCCCC1. The molecule has 0 unspecified atom stereocenters. The fourth-order valence-corrected chi connectivity index (χ4v) is 14.3.